The van der Waals surface area contributed by atoms with Gasteiger partial charge in [-0.05, 0) is 37.2 Å². The van der Waals surface area contributed by atoms with E-state index in [0.717, 1.165) is 25.5 Å². The molecule has 21 heavy (non-hydrogen) atoms. The molecule has 0 bridgehead atoms. The number of halogens is 1. The molecule has 1 aliphatic rings. The highest BCUT2D eigenvalue weighted by atomic mass is 35.5. The molecule has 0 aromatic carbocycles. The highest BCUT2D eigenvalue weighted by Crippen LogP contribution is 2.30. The first kappa shape index (κ1) is 15.7. The third kappa shape index (κ3) is 3.69. The predicted molar refractivity (Wildman–Crippen MR) is 79.3 cm³/mol. The molecule has 0 radical (unpaired) electrons. The highest BCUT2D eigenvalue weighted by Gasteiger charge is 2.28. The molecule has 1 amide bonds. The van der Waals surface area contributed by atoms with E-state index in [1.807, 2.05) is 0 Å². The zero-order valence-corrected chi connectivity index (χ0v) is 12.8. The lowest BCUT2D eigenvalue weighted by Gasteiger charge is -2.32. The summed E-state index contributed by atoms with van der Waals surface area (Å²) in [5.74, 6) is 0.709. The molecule has 1 heterocycles. The Balaban J connectivity index is 2.13. The van der Waals surface area contributed by atoms with Crippen molar-refractivity contribution in [2.24, 2.45) is 11.8 Å². The molecule has 114 valence electrons. The van der Waals surface area contributed by atoms with Gasteiger partial charge in [-0.2, -0.15) is 0 Å². The van der Waals surface area contributed by atoms with Gasteiger partial charge in [0, 0.05) is 6.04 Å². The fourth-order valence-electron chi connectivity index (χ4n) is 2.69. The molecule has 1 aliphatic carbocycles. The number of nitro groups is 1. The van der Waals surface area contributed by atoms with Gasteiger partial charge in [-0.15, -0.1) is 0 Å². The van der Waals surface area contributed by atoms with E-state index in [9.17, 15) is 14.9 Å². The molecule has 0 aliphatic heterocycles. The topological polar surface area (TPSA) is 85.1 Å². The average molecular weight is 312 g/mol. The monoisotopic (exact) mass is 311 g/mol. The average Bonchev–Trinajstić information content (AvgIpc) is 2.42. The summed E-state index contributed by atoms with van der Waals surface area (Å²) in [5.41, 5.74) is -0.361. The van der Waals surface area contributed by atoms with Crippen LogP contribution >= 0.6 is 11.6 Å². The number of pyridine rings is 1. The fourth-order valence-corrected chi connectivity index (χ4v) is 2.85. The number of nitrogens with zero attached hydrogens (tertiary/aromatic N) is 2. The van der Waals surface area contributed by atoms with Crippen molar-refractivity contribution in [1.29, 1.82) is 0 Å². The first-order valence-corrected chi connectivity index (χ1v) is 7.37. The number of carbonyl (C=O) groups is 1. The Morgan fingerprint density at radius 3 is 2.76 bits per heavy atom. The SMILES string of the molecule is CC1CCC(NC(=O)c2cc(Cl)ncc2[N+](=O)[O-])CC1C. The zero-order chi connectivity index (χ0) is 15.6. The second-order valence-corrected chi connectivity index (χ2v) is 6.11. The Kier molecular flexibility index (Phi) is 4.77. The molecule has 1 aromatic rings. The molecule has 1 saturated carbocycles. The van der Waals surface area contributed by atoms with Crippen molar-refractivity contribution < 1.29 is 9.72 Å². The minimum atomic E-state index is -0.621. The largest absolute Gasteiger partial charge is 0.349 e. The van der Waals surface area contributed by atoms with Crippen molar-refractivity contribution in [3.8, 4) is 0 Å². The summed E-state index contributed by atoms with van der Waals surface area (Å²) in [7, 11) is 0. The van der Waals surface area contributed by atoms with Crippen molar-refractivity contribution in [1.82, 2.24) is 10.3 Å². The molecule has 0 spiro atoms. The Morgan fingerprint density at radius 1 is 1.43 bits per heavy atom. The van der Waals surface area contributed by atoms with E-state index in [0.29, 0.717) is 11.8 Å². The lowest BCUT2D eigenvalue weighted by atomic mass is 9.79. The van der Waals surface area contributed by atoms with Crippen molar-refractivity contribution >= 4 is 23.2 Å². The van der Waals surface area contributed by atoms with E-state index in [1.54, 1.807) is 0 Å². The van der Waals surface area contributed by atoms with Crippen LogP contribution in [0.3, 0.4) is 0 Å². The quantitative estimate of drug-likeness (QED) is 0.527. The standard InChI is InChI=1S/C14H18ClN3O3/c1-8-3-4-10(5-9(8)2)17-14(19)11-6-13(15)16-7-12(11)18(20)21/h6-10H,3-5H2,1-2H3,(H,17,19). The van der Waals surface area contributed by atoms with Gasteiger partial charge in [0.05, 0.1) is 4.92 Å². The van der Waals surface area contributed by atoms with E-state index in [2.05, 4.69) is 24.1 Å². The number of nitrogens with one attached hydrogen (secondary N) is 1. The van der Waals surface area contributed by atoms with E-state index >= 15 is 0 Å². The summed E-state index contributed by atoms with van der Waals surface area (Å²) in [6.07, 6.45) is 3.84. The van der Waals surface area contributed by atoms with Crippen molar-refractivity contribution in [3.63, 3.8) is 0 Å². The van der Waals surface area contributed by atoms with Crippen molar-refractivity contribution in [3.05, 3.63) is 33.1 Å². The summed E-state index contributed by atoms with van der Waals surface area (Å²) < 4.78 is 0. The lowest BCUT2D eigenvalue weighted by Crippen LogP contribution is -2.40. The first-order valence-electron chi connectivity index (χ1n) is 6.99. The van der Waals surface area contributed by atoms with Crippen LogP contribution < -0.4 is 5.32 Å². The summed E-state index contributed by atoms with van der Waals surface area (Å²) in [6, 6.07) is 1.29. The van der Waals surface area contributed by atoms with Crippen LogP contribution in [0.4, 0.5) is 5.69 Å². The fraction of sp³-hybridized carbons (Fsp3) is 0.571. The number of amides is 1. The van der Waals surface area contributed by atoms with Crippen LogP contribution in [0.15, 0.2) is 12.3 Å². The van der Waals surface area contributed by atoms with Crippen molar-refractivity contribution in [2.45, 2.75) is 39.2 Å². The third-order valence-corrected chi connectivity index (χ3v) is 4.43. The number of rotatable bonds is 3. The molecule has 1 aromatic heterocycles. The van der Waals surface area contributed by atoms with Gasteiger partial charge in [-0.3, -0.25) is 14.9 Å². The highest BCUT2D eigenvalue weighted by molar-refractivity contribution is 6.29. The van der Waals surface area contributed by atoms with E-state index in [1.165, 1.54) is 6.07 Å². The second-order valence-electron chi connectivity index (χ2n) is 5.72. The zero-order valence-electron chi connectivity index (χ0n) is 12.0. The van der Waals surface area contributed by atoms with Crippen LogP contribution in [0, 0.1) is 22.0 Å². The maximum atomic E-state index is 12.3. The summed E-state index contributed by atoms with van der Waals surface area (Å²) in [6.45, 7) is 4.37. The summed E-state index contributed by atoms with van der Waals surface area (Å²) >= 11 is 5.74. The minimum Gasteiger partial charge on any atom is -0.349 e. The lowest BCUT2D eigenvalue weighted by molar-refractivity contribution is -0.385. The van der Waals surface area contributed by atoms with Gasteiger partial charge in [0.1, 0.15) is 16.9 Å². The van der Waals surface area contributed by atoms with Crippen LogP contribution in [0.1, 0.15) is 43.5 Å². The minimum absolute atomic E-state index is 0.0359. The first-order chi connectivity index (χ1) is 9.88. The normalized spacial score (nSPS) is 25.4. The molecular weight excluding hydrogens is 294 g/mol. The molecular formula is C14H18ClN3O3. The molecule has 1 N–H and O–H groups in total. The molecule has 0 saturated heterocycles. The van der Waals surface area contributed by atoms with Gasteiger partial charge in [-0.25, -0.2) is 4.98 Å². The van der Waals surface area contributed by atoms with Crippen LogP contribution in [-0.4, -0.2) is 21.9 Å². The van der Waals surface area contributed by atoms with Gasteiger partial charge in [0.2, 0.25) is 0 Å². The van der Waals surface area contributed by atoms with Crippen LogP contribution in [0.25, 0.3) is 0 Å². The molecule has 6 nitrogen and oxygen atoms in total. The smallest absolute Gasteiger partial charge is 0.300 e. The Labute approximate surface area is 128 Å². The third-order valence-electron chi connectivity index (χ3n) is 4.22. The molecule has 3 unspecified atom stereocenters. The maximum absolute atomic E-state index is 12.3. The molecule has 7 heteroatoms. The number of hydrogen-bond acceptors (Lipinski definition) is 4. The molecule has 1 fully saturated rings. The van der Waals surface area contributed by atoms with Gasteiger partial charge in [-0.1, -0.05) is 25.4 Å². The Bertz CT molecular complexity index is 564. The predicted octanol–water partition coefficient (Wildman–Crippen LogP) is 3.20. The summed E-state index contributed by atoms with van der Waals surface area (Å²) in [4.78, 5) is 26.3. The van der Waals surface area contributed by atoms with Gasteiger partial charge < -0.3 is 5.32 Å². The Hall–Kier alpha value is -1.69. The number of carbonyl (C=O) groups excluding carboxylic acids is 1. The second kappa shape index (κ2) is 6.39. The van der Waals surface area contributed by atoms with Crippen LogP contribution in [0.2, 0.25) is 5.15 Å². The van der Waals surface area contributed by atoms with Crippen molar-refractivity contribution in [2.75, 3.05) is 0 Å². The maximum Gasteiger partial charge on any atom is 0.300 e. The van der Waals surface area contributed by atoms with Gasteiger partial charge in [0.15, 0.2) is 0 Å². The number of hydrogen-bond donors (Lipinski definition) is 1. The summed E-state index contributed by atoms with van der Waals surface area (Å²) in [5, 5.41) is 13.9. The van der Waals surface area contributed by atoms with E-state index in [4.69, 9.17) is 11.6 Å². The van der Waals surface area contributed by atoms with E-state index < -0.39 is 10.8 Å². The molecule has 3 atom stereocenters. The molecule has 2 rings (SSSR count). The van der Waals surface area contributed by atoms with E-state index in [-0.39, 0.29) is 22.4 Å². The van der Waals surface area contributed by atoms with Crippen LogP contribution in [-0.2, 0) is 0 Å². The van der Waals surface area contributed by atoms with Crippen LogP contribution in [0.5, 0.6) is 0 Å². The Morgan fingerprint density at radius 2 is 2.14 bits per heavy atom. The van der Waals surface area contributed by atoms with Gasteiger partial charge >= 0.3 is 0 Å². The van der Waals surface area contributed by atoms with Gasteiger partial charge in [0.25, 0.3) is 11.6 Å². The number of aromatic nitrogens is 1.